The molecule has 0 fully saturated rings. The zero-order valence-electron chi connectivity index (χ0n) is 30.9. The second-order valence-electron chi connectivity index (χ2n) is 12.6. The summed E-state index contributed by atoms with van der Waals surface area (Å²) >= 11 is 0. The lowest BCUT2D eigenvalue weighted by atomic mass is 9.99. The standard InChI is InChI=1S/C27H40N6O7.C5H12O.C2H6/c1-15(2)22(29-14-34)26(39)32-23(16(3)4)27(40)31-19(12-21(36)33(6)7)24(37)28-13-20(35)25(38)30-18-10-8-17(5)9-11-18;1-5(2,3)6-4;1-2/h8-11,14-16,19,22-23H,12-13H2,1-7H3,(H,28,37)(H,29,34)(H,30,38)(H,31,40)(H,32,39);1-4H3;1-2H3/t19-,22-,23?;;/m0../s1. The van der Waals surface area contributed by atoms with Gasteiger partial charge < -0.3 is 36.2 Å². The molecule has 0 saturated heterocycles. The van der Waals surface area contributed by atoms with E-state index in [0.29, 0.717) is 12.1 Å². The number of amides is 6. The van der Waals surface area contributed by atoms with Crippen molar-refractivity contribution in [3.63, 3.8) is 0 Å². The van der Waals surface area contributed by atoms with Crippen LogP contribution in [0.1, 0.15) is 74.3 Å². The lowest BCUT2D eigenvalue weighted by Crippen LogP contribution is -2.59. The van der Waals surface area contributed by atoms with Crippen molar-refractivity contribution in [1.29, 1.82) is 0 Å². The summed E-state index contributed by atoms with van der Waals surface area (Å²) in [6.07, 6.45) is -0.0430. The van der Waals surface area contributed by atoms with Crippen molar-refractivity contribution < 1.29 is 38.3 Å². The number of hydrogen-bond donors (Lipinski definition) is 5. The molecule has 0 saturated carbocycles. The third kappa shape index (κ3) is 18.7. The molecule has 6 amide bonds. The number of Topliss-reactive ketones (excluding diaryl/α,β-unsaturated/α-hetero) is 1. The first kappa shape index (κ1) is 45.8. The van der Waals surface area contributed by atoms with Gasteiger partial charge in [0.25, 0.3) is 5.91 Å². The van der Waals surface area contributed by atoms with Gasteiger partial charge >= 0.3 is 0 Å². The maximum Gasteiger partial charge on any atom is 0.293 e. The van der Waals surface area contributed by atoms with E-state index in [1.165, 1.54) is 19.0 Å². The molecule has 1 unspecified atom stereocenters. The number of nitrogens with one attached hydrogen (secondary N) is 5. The first-order valence-corrected chi connectivity index (χ1v) is 16.0. The topological polar surface area (TPSA) is 192 Å². The zero-order chi connectivity index (χ0) is 37.8. The molecule has 5 N–H and O–H groups in total. The van der Waals surface area contributed by atoms with E-state index in [1.54, 1.807) is 59.1 Å². The van der Waals surface area contributed by atoms with Crippen molar-refractivity contribution in [3.05, 3.63) is 29.8 Å². The molecule has 0 aliphatic carbocycles. The van der Waals surface area contributed by atoms with Gasteiger partial charge in [0.15, 0.2) is 0 Å². The molecule has 0 heterocycles. The van der Waals surface area contributed by atoms with Gasteiger partial charge in [-0.25, -0.2) is 0 Å². The van der Waals surface area contributed by atoms with Gasteiger partial charge in [0.2, 0.25) is 35.8 Å². The Bertz CT molecular complexity index is 1190. The van der Waals surface area contributed by atoms with Crippen molar-refractivity contribution in [2.24, 2.45) is 11.8 Å². The highest BCUT2D eigenvalue weighted by Crippen LogP contribution is 2.09. The first-order chi connectivity index (χ1) is 22.2. The Morgan fingerprint density at radius 2 is 1.31 bits per heavy atom. The average molecular weight is 679 g/mol. The van der Waals surface area contributed by atoms with Crippen molar-refractivity contribution in [2.45, 2.75) is 99.4 Å². The molecule has 14 heteroatoms. The monoisotopic (exact) mass is 678 g/mol. The number of anilines is 1. The Hall–Kier alpha value is -4.33. The highest BCUT2D eigenvalue weighted by Gasteiger charge is 2.33. The summed E-state index contributed by atoms with van der Waals surface area (Å²) in [4.78, 5) is 87.9. The van der Waals surface area contributed by atoms with Crippen molar-refractivity contribution in [2.75, 3.05) is 33.1 Å². The van der Waals surface area contributed by atoms with Gasteiger partial charge in [0.05, 0.1) is 18.6 Å². The maximum atomic E-state index is 13.2. The molecular formula is C34H58N6O8. The summed E-state index contributed by atoms with van der Waals surface area (Å²) in [6.45, 7) is 18.1. The van der Waals surface area contributed by atoms with Crippen LogP contribution in [-0.2, 0) is 38.3 Å². The van der Waals surface area contributed by atoms with E-state index in [-0.39, 0.29) is 11.5 Å². The molecule has 14 nitrogen and oxygen atoms in total. The molecular weight excluding hydrogens is 620 g/mol. The zero-order valence-corrected chi connectivity index (χ0v) is 30.9. The number of carbonyl (C=O) groups is 7. The quantitative estimate of drug-likeness (QED) is 0.137. The van der Waals surface area contributed by atoms with Crippen LogP contribution in [0.4, 0.5) is 5.69 Å². The van der Waals surface area contributed by atoms with Crippen LogP contribution in [0.5, 0.6) is 0 Å². The van der Waals surface area contributed by atoms with E-state index in [0.717, 1.165) is 5.56 Å². The fraction of sp³-hybridized carbons (Fsp3) is 0.618. The van der Waals surface area contributed by atoms with E-state index in [4.69, 9.17) is 4.74 Å². The summed E-state index contributed by atoms with van der Waals surface area (Å²) in [6, 6.07) is 3.37. The predicted molar refractivity (Wildman–Crippen MR) is 186 cm³/mol. The summed E-state index contributed by atoms with van der Waals surface area (Å²) in [5, 5.41) is 12.2. The minimum atomic E-state index is -1.40. The Labute approximate surface area is 285 Å². The second kappa shape index (κ2) is 23.1. The summed E-state index contributed by atoms with van der Waals surface area (Å²) in [7, 11) is 4.66. The van der Waals surface area contributed by atoms with E-state index in [9.17, 15) is 33.6 Å². The molecule has 0 spiro atoms. The molecule has 272 valence electrons. The van der Waals surface area contributed by atoms with Crippen LogP contribution in [0.25, 0.3) is 0 Å². The summed E-state index contributed by atoms with van der Waals surface area (Å²) < 4.78 is 4.94. The minimum absolute atomic E-state index is 0.0417. The number of carbonyl (C=O) groups excluding carboxylic acids is 7. The summed E-state index contributed by atoms with van der Waals surface area (Å²) in [5.41, 5.74) is 1.41. The summed E-state index contributed by atoms with van der Waals surface area (Å²) in [5.74, 6) is -5.25. The van der Waals surface area contributed by atoms with Crippen molar-refractivity contribution >= 4 is 47.4 Å². The highest BCUT2D eigenvalue weighted by molar-refractivity contribution is 6.41. The molecule has 0 bridgehead atoms. The molecule has 1 aromatic rings. The molecule has 0 aliphatic heterocycles. The van der Waals surface area contributed by atoms with E-state index in [1.807, 2.05) is 41.5 Å². The van der Waals surface area contributed by atoms with Gasteiger partial charge in [-0.05, 0) is 51.7 Å². The van der Waals surface area contributed by atoms with Crippen LogP contribution >= 0.6 is 0 Å². The number of ether oxygens (including phenoxy) is 1. The van der Waals surface area contributed by atoms with Gasteiger partial charge in [-0.2, -0.15) is 0 Å². The van der Waals surface area contributed by atoms with Gasteiger partial charge in [0.1, 0.15) is 18.1 Å². The van der Waals surface area contributed by atoms with Crippen molar-refractivity contribution in [3.8, 4) is 0 Å². The van der Waals surface area contributed by atoms with Crippen LogP contribution in [0.2, 0.25) is 0 Å². The Kier molecular flexibility index (Phi) is 22.0. The molecule has 0 aromatic heterocycles. The lowest BCUT2D eigenvalue weighted by molar-refractivity contribution is -0.138. The smallest absolute Gasteiger partial charge is 0.293 e. The molecule has 3 atom stereocenters. The number of nitrogens with zero attached hydrogens (tertiary/aromatic N) is 1. The molecule has 1 aromatic carbocycles. The van der Waals surface area contributed by atoms with Gasteiger partial charge in [-0.1, -0.05) is 59.2 Å². The number of methoxy groups -OCH3 is 1. The molecule has 0 aliphatic rings. The van der Waals surface area contributed by atoms with Crippen LogP contribution < -0.4 is 26.6 Å². The normalized spacial score (nSPS) is 12.4. The number of hydrogen-bond acceptors (Lipinski definition) is 8. The van der Waals surface area contributed by atoms with E-state index < -0.39 is 72.3 Å². The lowest BCUT2D eigenvalue weighted by Gasteiger charge is -2.28. The van der Waals surface area contributed by atoms with Gasteiger partial charge in [0, 0.05) is 26.9 Å². The van der Waals surface area contributed by atoms with Crippen LogP contribution in [-0.4, -0.2) is 98.1 Å². The predicted octanol–water partition coefficient (Wildman–Crippen LogP) is 1.95. The van der Waals surface area contributed by atoms with Crippen LogP contribution in [0.3, 0.4) is 0 Å². The van der Waals surface area contributed by atoms with Crippen molar-refractivity contribution in [1.82, 2.24) is 26.2 Å². The molecule has 0 radical (unpaired) electrons. The van der Waals surface area contributed by atoms with Gasteiger partial charge in [-0.15, -0.1) is 0 Å². The average Bonchev–Trinajstić information content (AvgIpc) is 3.01. The molecule has 1 rings (SSSR count). The van der Waals surface area contributed by atoms with E-state index >= 15 is 0 Å². The maximum absolute atomic E-state index is 13.2. The highest BCUT2D eigenvalue weighted by atomic mass is 16.5. The number of rotatable bonds is 15. The third-order valence-corrected chi connectivity index (χ3v) is 6.55. The van der Waals surface area contributed by atoms with Gasteiger partial charge in [-0.3, -0.25) is 33.6 Å². The Morgan fingerprint density at radius 3 is 1.73 bits per heavy atom. The Morgan fingerprint density at radius 1 is 0.833 bits per heavy atom. The fourth-order valence-electron chi connectivity index (χ4n) is 3.46. The number of ketones is 1. The second-order valence-corrected chi connectivity index (χ2v) is 12.6. The van der Waals surface area contributed by atoms with E-state index in [2.05, 4.69) is 26.6 Å². The largest absolute Gasteiger partial charge is 0.379 e. The number of benzene rings is 1. The van der Waals surface area contributed by atoms with Crippen LogP contribution in [0, 0.1) is 18.8 Å². The molecule has 48 heavy (non-hydrogen) atoms. The first-order valence-electron chi connectivity index (χ1n) is 16.0. The SMILES string of the molecule is CC.COC(C)(C)C.Cc1ccc(NC(=O)C(=O)CNC(=O)[C@H](CC(=O)N(C)C)NC(=O)C(NC(=O)[C@@H](NC=O)C(C)C)C(C)C)cc1. The number of aryl methyl sites for hydroxylation is 1. The Balaban J connectivity index is 0. The minimum Gasteiger partial charge on any atom is -0.379 e. The van der Waals surface area contributed by atoms with Crippen LogP contribution in [0.15, 0.2) is 24.3 Å². The fourth-order valence-corrected chi connectivity index (χ4v) is 3.46. The third-order valence-electron chi connectivity index (χ3n) is 6.55.